The van der Waals surface area contributed by atoms with Crippen molar-refractivity contribution in [2.24, 2.45) is 5.73 Å². The largest absolute Gasteiger partial charge is 0.365 e. The molecular weight excluding hydrogens is 240 g/mol. The fourth-order valence-corrected chi connectivity index (χ4v) is 3.14. The summed E-state index contributed by atoms with van der Waals surface area (Å²) in [5, 5.41) is 3.13. The Morgan fingerprint density at radius 2 is 1.74 bits per heavy atom. The molecule has 2 rings (SSSR count). The van der Waals surface area contributed by atoms with E-state index in [4.69, 9.17) is 10.5 Å². The smallest absolute Gasteiger partial charge is 0.249 e. The zero-order valence-corrected chi connectivity index (χ0v) is 12.1. The van der Waals surface area contributed by atoms with Gasteiger partial charge in [0.25, 0.3) is 0 Å². The highest BCUT2D eigenvalue weighted by Gasteiger charge is 2.25. The van der Waals surface area contributed by atoms with Gasteiger partial charge >= 0.3 is 0 Å². The van der Waals surface area contributed by atoms with Crippen LogP contribution in [0.3, 0.4) is 0 Å². The standard InChI is InChI=1S/C15H28N2O2/c1-11(19-14-9-7-12(16)8-10-14)15(18)17-13-5-3-2-4-6-13/h11-14H,2-10,16H2,1H3,(H,17,18). The van der Waals surface area contributed by atoms with Crippen molar-refractivity contribution in [3.8, 4) is 0 Å². The number of ether oxygens (including phenoxy) is 1. The first-order chi connectivity index (χ1) is 9.15. The van der Waals surface area contributed by atoms with Crippen LogP contribution in [0, 0.1) is 0 Å². The van der Waals surface area contributed by atoms with Crippen molar-refractivity contribution in [3.63, 3.8) is 0 Å². The van der Waals surface area contributed by atoms with Gasteiger partial charge in [0.1, 0.15) is 6.10 Å². The Hall–Kier alpha value is -0.610. The lowest BCUT2D eigenvalue weighted by Crippen LogP contribution is -2.44. The Labute approximate surface area is 116 Å². The van der Waals surface area contributed by atoms with E-state index >= 15 is 0 Å². The molecule has 0 saturated heterocycles. The van der Waals surface area contributed by atoms with Gasteiger partial charge < -0.3 is 15.8 Å². The summed E-state index contributed by atoms with van der Waals surface area (Å²) in [7, 11) is 0. The number of carbonyl (C=O) groups is 1. The number of rotatable bonds is 4. The zero-order chi connectivity index (χ0) is 13.7. The minimum Gasteiger partial charge on any atom is -0.365 e. The van der Waals surface area contributed by atoms with Crippen molar-refractivity contribution in [1.82, 2.24) is 5.32 Å². The summed E-state index contributed by atoms with van der Waals surface area (Å²) >= 11 is 0. The second-order valence-electron chi connectivity index (χ2n) is 6.16. The Morgan fingerprint density at radius 1 is 1.11 bits per heavy atom. The van der Waals surface area contributed by atoms with Gasteiger partial charge in [0.15, 0.2) is 0 Å². The molecule has 2 fully saturated rings. The van der Waals surface area contributed by atoms with E-state index in [0.717, 1.165) is 38.5 Å². The fraction of sp³-hybridized carbons (Fsp3) is 0.933. The summed E-state index contributed by atoms with van der Waals surface area (Å²) in [4.78, 5) is 12.1. The van der Waals surface area contributed by atoms with Gasteiger partial charge in [-0.3, -0.25) is 4.79 Å². The Balaban J connectivity index is 1.69. The monoisotopic (exact) mass is 268 g/mol. The third kappa shape index (κ3) is 4.77. The van der Waals surface area contributed by atoms with Crippen molar-refractivity contribution in [2.75, 3.05) is 0 Å². The number of carbonyl (C=O) groups excluding carboxylic acids is 1. The summed E-state index contributed by atoms with van der Waals surface area (Å²) in [6.45, 7) is 1.87. The van der Waals surface area contributed by atoms with Gasteiger partial charge in [-0.15, -0.1) is 0 Å². The number of hydrogen-bond acceptors (Lipinski definition) is 3. The molecule has 0 aromatic rings. The first-order valence-electron chi connectivity index (χ1n) is 7.86. The fourth-order valence-electron chi connectivity index (χ4n) is 3.14. The van der Waals surface area contributed by atoms with Crippen LogP contribution in [0.4, 0.5) is 0 Å². The molecule has 2 saturated carbocycles. The molecule has 1 atom stereocenters. The van der Waals surface area contributed by atoms with Crippen LogP contribution < -0.4 is 11.1 Å². The Bertz CT molecular complexity index is 282. The van der Waals surface area contributed by atoms with Gasteiger partial charge in [-0.1, -0.05) is 19.3 Å². The number of nitrogens with two attached hydrogens (primary N) is 1. The lowest BCUT2D eigenvalue weighted by atomic mass is 9.93. The summed E-state index contributed by atoms with van der Waals surface area (Å²) in [6.07, 6.45) is 9.91. The quantitative estimate of drug-likeness (QED) is 0.820. The highest BCUT2D eigenvalue weighted by atomic mass is 16.5. The number of amides is 1. The third-order valence-corrected chi connectivity index (χ3v) is 4.44. The van der Waals surface area contributed by atoms with E-state index in [1.54, 1.807) is 0 Å². The molecule has 0 spiro atoms. The van der Waals surface area contributed by atoms with Crippen LogP contribution in [-0.4, -0.2) is 30.2 Å². The SMILES string of the molecule is CC(OC1CCC(N)CC1)C(=O)NC1CCCCC1. The average molecular weight is 268 g/mol. The van der Waals surface area contributed by atoms with Crippen molar-refractivity contribution in [1.29, 1.82) is 0 Å². The molecule has 0 heterocycles. The molecule has 4 nitrogen and oxygen atoms in total. The second kappa shape index (κ2) is 7.25. The summed E-state index contributed by atoms with van der Waals surface area (Å²) in [6, 6.07) is 0.693. The predicted molar refractivity (Wildman–Crippen MR) is 75.8 cm³/mol. The number of hydrogen-bond donors (Lipinski definition) is 2. The van der Waals surface area contributed by atoms with E-state index in [9.17, 15) is 4.79 Å². The minimum absolute atomic E-state index is 0.0572. The molecule has 1 unspecified atom stereocenters. The molecule has 4 heteroatoms. The summed E-state index contributed by atoms with van der Waals surface area (Å²) < 4.78 is 5.88. The first kappa shape index (κ1) is 14.8. The second-order valence-corrected chi connectivity index (χ2v) is 6.16. The highest BCUT2D eigenvalue weighted by molar-refractivity contribution is 5.80. The molecule has 0 aliphatic heterocycles. The molecule has 0 aromatic heterocycles. The predicted octanol–water partition coefficient (Wildman–Crippen LogP) is 2.11. The number of nitrogens with one attached hydrogen (secondary N) is 1. The van der Waals surface area contributed by atoms with Crippen molar-refractivity contribution >= 4 is 5.91 Å². The molecule has 2 aliphatic rings. The highest BCUT2D eigenvalue weighted by Crippen LogP contribution is 2.21. The maximum Gasteiger partial charge on any atom is 0.249 e. The molecule has 2 aliphatic carbocycles. The van der Waals surface area contributed by atoms with Crippen LogP contribution in [0.2, 0.25) is 0 Å². The zero-order valence-electron chi connectivity index (χ0n) is 12.1. The molecule has 0 aromatic carbocycles. The molecule has 110 valence electrons. The van der Waals surface area contributed by atoms with E-state index in [-0.39, 0.29) is 18.1 Å². The van der Waals surface area contributed by atoms with Crippen molar-refractivity contribution < 1.29 is 9.53 Å². The van der Waals surface area contributed by atoms with Gasteiger partial charge in [-0.05, 0) is 45.4 Å². The lowest BCUT2D eigenvalue weighted by molar-refractivity contribution is -0.137. The van der Waals surface area contributed by atoms with Crippen LogP contribution in [0.5, 0.6) is 0 Å². The van der Waals surface area contributed by atoms with Crippen LogP contribution >= 0.6 is 0 Å². The van der Waals surface area contributed by atoms with E-state index in [1.807, 2.05) is 6.92 Å². The van der Waals surface area contributed by atoms with Crippen LogP contribution in [0.15, 0.2) is 0 Å². The minimum atomic E-state index is -0.332. The molecule has 3 N–H and O–H groups in total. The van der Waals surface area contributed by atoms with E-state index in [1.165, 1.54) is 19.3 Å². The summed E-state index contributed by atoms with van der Waals surface area (Å²) in [5.74, 6) is 0.0572. The van der Waals surface area contributed by atoms with Gasteiger partial charge in [0, 0.05) is 12.1 Å². The van der Waals surface area contributed by atoms with E-state index < -0.39 is 0 Å². The van der Waals surface area contributed by atoms with Crippen LogP contribution in [0.25, 0.3) is 0 Å². The molecule has 1 amide bonds. The topological polar surface area (TPSA) is 64.3 Å². The van der Waals surface area contributed by atoms with Crippen LogP contribution in [0.1, 0.15) is 64.7 Å². The van der Waals surface area contributed by atoms with Crippen molar-refractivity contribution in [2.45, 2.75) is 89.0 Å². The Kier molecular flexibility index (Phi) is 5.64. The molecular formula is C15H28N2O2. The Morgan fingerprint density at radius 3 is 2.37 bits per heavy atom. The van der Waals surface area contributed by atoms with E-state index in [2.05, 4.69) is 5.32 Å². The summed E-state index contributed by atoms with van der Waals surface area (Å²) in [5.41, 5.74) is 5.88. The molecule has 19 heavy (non-hydrogen) atoms. The van der Waals surface area contributed by atoms with Crippen molar-refractivity contribution in [3.05, 3.63) is 0 Å². The first-order valence-corrected chi connectivity index (χ1v) is 7.86. The molecule has 0 bridgehead atoms. The normalized spacial score (nSPS) is 30.8. The lowest BCUT2D eigenvalue weighted by Gasteiger charge is -2.29. The van der Waals surface area contributed by atoms with Gasteiger partial charge in [0.2, 0.25) is 5.91 Å². The van der Waals surface area contributed by atoms with Gasteiger partial charge in [0.05, 0.1) is 6.10 Å². The van der Waals surface area contributed by atoms with Crippen LogP contribution in [-0.2, 0) is 9.53 Å². The van der Waals surface area contributed by atoms with Gasteiger partial charge in [-0.25, -0.2) is 0 Å². The maximum absolute atomic E-state index is 12.1. The third-order valence-electron chi connectivity index (χ3n) is 4.44. The van der Waals surface area contributed by atoms with Gasteiger partial charge in [-0.2, -0.15) is 0 Å². The average Bonchev–Trinajstić information content (AvgIpc) is 2.42. The maximum atomic E-state index is 12.1. The molecule has 0 radical (unpaired) electrons. The van der Waals surface area contributed by atoms with E-state index in [0.29, 0.717) is 12.1 Å².